The highest BCUT2D eigenvalue weighted by molar-refractivity contribution is 5.75. The van der Waals surface area contributed by atoms with Gasteiger partial charge in [-0.2, -0.15) is 0 Å². The largest absolute Gasteiger partial charge is 0.494 e. The van der Waals surface area contributed by atoms with Crippen molar-refractivity contribution in [2.75, 3.05) is 18.1 Å². The topological polar surface area (TPSA) is 51.1 Å². The highest BCUT2D eigenvalue weighted by Crippen LogP contribution is 2.24. The molecule has 1 atom stereocenters. The maximum Gasteiger partial charge on any atom is 0.315 e. The third-order valence-electron chi connectivity index (χ3n) is 5.10. The molecule has 0 saturated carbocycles. The van der Waals surface area contributed by atoms with E-state index in [1.165, 1.54) is 25.7 Å². The smallest absolute Gasteiger partial charge is 0.315 e. The van der Waals surface area contributed by atoms with Gasteiger partial charge in [-0.15, -0.1) is 0 Å². The van der Waals surface area contributed by atoms with Gasteiger partial charge < -0.3 is 14.4 Å². The van der Waals surface area contributed by atoms with Crippen LogP contribution in [0.5, 0.6) is 5.75 Å². The number of benzene rings is 1. The fraction of sp³-hybridized carbons (Fsp3) is 0.583. The zero-order valence-corrected chi connectivity index (χ0v) is 18.2. The maximum absolute atomic E-state index is 12.4. The summed E-state index contributed by atoms with van der Waals surface area (Å²) in [6, 6.07) is 8.01. The lowest BCUT2D eigenvalue weighted by atomic mass is 10.0. The van der Waals surface area contributed by atoms with Gasteiger partial charge in [0.05, 0.1) is 25.3 Å². The molecule has 5 nitrogen and oxygen atoms in total. The van der Waals surface area contributed by atoms with Crippen LogP contribution in [0.15, 0.2) is 41.3 Å². The quantitative estimate of drug-likeness (QED) is 0.297. The maximum atomic E-state index is 12.4. The van der Waals surface area contributed by atoms with E-state index >= 15 is 0 Å². The molecular weight excluding hydrogens is 364 g/mol. The van der Waals surface area contributed by atoms with Gasteiger partial charge in [0.25, 0.3) is 0 Å². The average Bonchev–Trinajstić information content (AvgIpc) is 2.75. The molecule has 160 valence electrons. The van der Waals surface area contributed by atoms with E-state index in [2.05, 4.69) is 18.8 Å². The summed E-state index contributed by atoms with van der Waals surface area (Å²) in [5.74, 6) is 0.944. The third-order valence-corrected chi connectivity index (χ3v) is 5.10. The summed E-state index contributed by atoms with van der Waals surface area (Å²) >= 11 is 0. The van der Waals surface area contributed by atoms with Crippen LogP contribution >= 0.6 is 0 Å². The van der Waals surface area contributed by atoms with E-state index in [0.29, 0.717) is 12.4 Å². The molecule has 1 heterocycles. The number of ether oxygens (including phenoxy) is 2. The van der Waals surface area contributed by atoms with Gasteiger partial charge >= 0.3 is 5.97 Å². The molecule has 0 radical (unpaired) electrons. The van der Waals surface area contributed by atoms with E-state index in [9.17, 15) is 4.79 Å². The van der Waals surface area contributed by atoms with E-state index in [0.717, 1.165) is 43.7 Å². The van der Waals surface area contributed by atoms with E-state index < -0.39 is 0 Å². The Kier molecular flexibility index (Phi) is 10.3. The van der Waals surface area contributed by atoms with Crippen LogP contribution in [-0.4, -0.2) is 25.3 Å². The van der Waals surface area contributed by atoms with Gasteiger partial charge in [-0.05, 0) is 31.4 Å². The van der Waals surface area contributed by atoms with Gasteiger partial charge in [0, 0.05) is 18.0 Å². The lowest BCUT2D eigenvalue weighted by Crippen LogP contribution is -2.24. The molecule has 1 unspecified atom stereocenters. The fourth-order valence-electron chi connectivity index (χ4n) is 3.34. The van der Waals surface area contributed by atoms with Crippen molar-refractivity contribution in [1.82, 2.24) is 0 Å². The number of esters is 1. The number of rotatable bonds is 13. The molecule has 0 amide bonds. The van der Waals surface area contributed by atoms with Gasteiger partial charge in [-0.25, -0.2) is 4.99 Å². The molecule has 0 aliphatic carbocycles. The molecule has 0 aromatic heterocycles. The van der Waals surface area contributed by atoms with Gasteiger partial charge in [-0.3, -0.25) is 4.79 Å². The number of carbonyl (C=O) groups is 1. The number of anilines is 1. The minimum Gasteiger partial charge on any atom is -0.494 e. The standard InChI is InChI=1S/C24H36N2O3/c1-4-7-8-9-10-17-28-22-14-11-13-21(18-22)26-16-15-25-23(19-26)29-24(27)20(6-3)12-5-2/h11,13-15,18-20H,4-10,12,16-17H2,1-3H3. The molecule has 1 aromatic carbocycles. The van der Waals surface area contributed by atoms with Crippen molar-refractivity contribution in [3.63, 3.8) is 0 Å². The number of hydrogen-bond acceptors (Lipinski definition) is 5. The molecule has 5 heteroatoms. The molecule has 0 spiro atoms. The number of unbranched alkanes of at least 4 members (excludes halogenated alkanes) is 4. The summed E-state index contributed by atoms with van der Waals surface area (Å²) in [5.41, 5.74) is 0.994. The fourth-order valence-corrected chi connectivity index (χ4v) is 3.34. The van der Waals surface area contributed by atoms with Crippen LogP contribution in [0.1, 0.15) is 72.1 Å². The summed E-state index contributed by atoms with van der Waals surface area (Å²) in [5, 5.41) is 0. The van der Waals surface area contributed by atoms with Gasteiger partial charge in [0.1, 0.15) is 5.75 Å². The first kappa shape index (κ1) is 23.0. The van der Waals surface area contributed by atoms with Crippen molar-refractivity contribution in [3.05, 3.63) is 36.3 Å². The number of carbonyl (C=O) groups excluding carboxylic acids is 1. The van der Waals surface area contributed by atoms with Crippen LogP contribution in [0.4, 0.5) is 5.69 Å². The van der Waals surface area contributed by atoms with Crippen LogP contribution in [0, 0.1) is 5.92 Å². The average molecular weight is 401 g/mol. The third kappa shape index (κ3) is 7.92. The Morgan fingerprint density at radius 3 is 2.72 bits per heavy atom. The zero-order chi connectivity index (χ0) is 20.9. The van der Waals surface area contributed by atoms with E-state index in [-0.39, 0.29) is 11.9 Å². The highest BCUT2D eigenvalue weighted by Gasteiger charge is 2.20. The summed E-state index contributed by atoms with van der Waals surface area (Å²) in [6.45, 7) is 7.69. The molecule has 29 heavy (non-hydrogen) atoms. The molecule has 0 N–H and O–H groups in total. The Balaban J connectivity index is 1.92. The Labute approximate surface area is 175 Å². The van der Waals surface area contributed by atoms with Gasteiger partial charge in [0.15, 0.2) is 0 Å². The summed E-state index contributed by atoms with van der Waals surface area (Å²) in [4.78, 5) is 18.6. The Morgan fingerprint density at radius 2 is 1.97 bits per heavy atom. The molecule has 1 aliphatic heterocycles. The van der Waals surface area contributed by atoms with Crippen molar-refractivity contribution in [2.24, 2.45) is 10.9 Å². The second-order valence-corrected chi connectivity index (χ2v) is 7.51. The van der Waals surface area contributed by atoms with Crippen molar-refractivity contribution in [3.8, 4) is 5.75 Å². The molecular formula is C24H36N2O3. The first-order valence-corrected chi connectivity index (χ1v) is 11.1. The van der Waals surface area contributed by atoms with Crippen LogP contribution < -0.4 is 9.64 Å². The first-order valence-electron chi connectivity index (χ1n) is 11.1. The summed E-state index contributed by atoms with van der Waals surface area (Å²) in [7, 11) is 0. The van der Waals surface area contributed by atoms with Gasteiger partial charge in [0.2, 0.25) is 5.88 Å². The summed E-state index contributed by atoms with van der Waals surface area (Å²) < 4.78 is 11.5. The number of hydrogen-bond donors (Lipinski definition) is 0. The molecule has 2 rings (SSSR count). The number of nitrogens with zero attached hydrogens (tertiary/aromatic N) is 2. The lowest BCUT2D eigenvalue weighted by molar-refractivity contribution is -0.144. The van der Waals surface area contributed by atoms with Crippen LogP contribution in [0.3, 0.4) is 0 Å². The minimum absolute atomic E-state index is 0.0690. The molecule has 1 aliphatic rings. The van der Waals surface area contributed by atoms with Crippen molar-refractivity contribution in [2.45, 2.75) is 72.1 Å². The van der Waals surface area contributed by atoms with Crippen LogP contribution in [-0.2, 0) is 9.53 Å². The first-order chi connectivity index (χ1) is 14.2. The molecule has 0 saturated heterocycles. The van der Waals surface area contributed by atoms with Crippen molar-refractivity contribution < 1.29 is 14.3 Å². The normalized spacial score (nSPS) is 14.4. The number of aliphatic imine (C=N–C) groups is 1. The van der Waals surface area contributed by atoms with Crippen molar-refractivity contribution >= 4 is 17.9 Å². The van der Waals surface area contributed by atoms with Gasteiger partial charge in [-0.1, -0.05) is 58.9 Å². The van der Waals surface area contributed by atoms with Crippen molar-refractivity contribution in [1.29, 1.82) is 0 Å². The second-order valence-electron chi connectivity index (χ2n) is 7.51. The minimum atomic E-state index is -0.195. The van der Waals surface area contributed by atoms with E-state index in [1.54, 1.807) is 12.4 Å². The molecule has 1 aromatic rings. The summed E-state index contributed by atoms with van der Waals surface area (Å²) in [6.07, 6.45) is 12.3. The lowest BCUT2D eigenvalue weighted by Gasteiger charge is -2.23. The molecule has 0 bridgehead atoms. The van der Waals surface area contributed by atoms with Crippen LogP contribution in [0.25, 0.3) is 0 Å². The molecule has 0 fully saturated rings. The Hall–Kier alpha value is -2.30. The van der Waals surface area contributed by atoms with E-state index in [1.807, 2.05) is 36.1 Å². The Morgan fingerprint density at radius 1 is 1.14 bits per heavy atom. The SMILES string of the molecule is CCCCCCCOc1cccc(N2C=C(OC(=O)C(CC)CCC)N=CC2)c1. The Bertz CT molecular complexity index is 684. The zero-order valence-electron chi connectivity index (χ0n) is 18.2. The second kappa shape index (κ2) is 13.0. The highest BCUT2D eigenvalue weighted by atomic mass is 16.5. The van der Waals surface area contributed by atoms with Crippen LogP contribution in [0.2, 0.25) is 0 Å². The predicted octanol–water partition coefficient (Wildman–Crippen LogP) is 6.10. The van der Waals surface area contributed by atoms with E-state index in [4.69, 9.17) is 9.47 Å². The predicted molar refractivity (Wildman–Crippen MR) is 119 cm³/mol. The monoisotopic (exact) mass is 400 g/mol.